The summed E-state index contributed by atoms with van der Waals surface area (Å²) in [5.41, 5.74) is 6.63. The third kappa shape index (κ3) is 4.59. The predicted molar refractivity (Wildman–Crippen MR) is 101 cm³/mol. The third-order valence-corrected chi connectivity index (χ3v) is 4.54. The molecule has 0 saturated carbocycles. The number of aromatic nitrogens is 2. The second-order valence-electron chi connectivity index (χ2n) is 6.83. The summed E-state index contributed by atoms with van der Waals surface area (Å²) in [5.74, 6) is -3.50. The fraction of sp³-hybridized carbons (Fsp3) is 0.368. The number of carbonyl (C=O) groups is 2. The Morgan fingerprint density at radius 1 is 1.21 bits per heavy atom. The first kappa shape index (κ1) is 19.7. The maximum atomic E-state index is 13.7. The van der Waals surface area contributed by atoms with Gasteiger partial charge in [0, 0.05) is 44.0 Å². The number of amides is 2. The van der Waals surface area contributed by atoms with E-state index >= 15 is 0 Å². The summed E-state index contributed by atoms with van der Waals surface area (Å²) in [4.78, 5) is 34.0. The Morgan fingerprint density at radius 2 is 2.00 bits per heavy atom. The largest absolute Gasteiger partial charge is 0.364 e. The van der Waals surface area contributed by atoms with E-state index in [2.05, 4.69) is 15.3 Å². The lowest BCUT2D eigenvalue weighted by Crippen LogP contribution is -2.29. The highest BCUT2D eigenvalue weighted by Crippen LogP contribution is 2.31. The molecule has 0 bridgehead atoms. The van der Waals surface area contributed by atoms with Crippen LogP contribution in [-0.2, 0) is 0 Å². The summed E-state index contributed by atoms with van der Waals surface area (Å²) in [6.07, 6.45) is 2.82. The van der Waals surface area contributed by atoms with Crippen LogP contribution in [0.3, 0.4) is 0 Å². The summed E-state index contributed by atoms with van der Waals surface area (Å²) in [5, 5.41) is 2.69. The molecule has 3 heterocycles. The number of primary amides is 1. The normalized spacial score (nSPS) is 16.3. The van der Waals surface area contributed by atoms with Gasteiger partial charge in [-0.25, -0.2) is 13.8 Å². The SMILES string of the molecule is Cc1cnc(N2CCCC(F)(F)CC2)c(C(=O)Nc2ccnc(C(N)=O)c2)c1. The van der Waals surface area contributed by atoms with Crippen molar-refractivity contribution in [2.45, 2.75) is 32.1 Å². The fourth-order valence-electron chi connectivity index (χ4n) is 3.10. The summed E-state index contributed by atoms with van der Waals surface area (Å²) in [7, 11) is 0. The average Bonchev–Trinajstić information content (AvgIpc) is 2.82. The van der Waals surface area contributed by atoms with E-state index in [1.165, 1.54) is 18.3 Å². The van der Waals surface area contributed by atoms with Crippen molar-refractivity contribution in [1.29, 1.82) is 0 Å². The number of rotatable bonds is 4. The van der Waals surface area contributed by atoms with E-state index in [0.29, 0.717) is 24.5 Å². The lowest BCUT2D eigenvalue weighted by atomic mass is 10.1. The minimum Gasteiger partial charge on any atom is -0.364 e. The number of halogens is 2. The van der Waals surface area contributed by atoms with Crippen LogP contribution >= 0.6 is 0 Å². The number of hydrogen-bond donors (Lipinski definition) is 2. The molecule has 0 unspecified atom stereocenters. The molecule has 9 heteroatoms. The van der Waals surface area contributed by atoms with Gasteiger partial charge < -0.3 is 16.0 Å². The molecule has 1 fully saturated rings. The van der Waals surface area contributed by atoms with Gasteiger partial charge in [0.15, 0.2) is 0 Å². The lowest BCUT2D eigenvalue weighted by Gasteiger charge is -2.24. The molecule has 1 saturated heterocycles. The molecule has 1 aliphatic rings. The topological polar surface area (TPSA) is 101 Å². The lowest BCUT2D eigenvalue weighted by molar-refractivity contribution is -0.0102. The van der Waals surface area contributed by atoms with Crippen molar-refractivity contribution in [3.63, 3.8) is 0 Å². The molecule has 1 aliphatic heterocycles. The number of anilines is 2. The molecule has 0 spiro atoms. The highest BCUT2D eigenvalue weighted by Gasteiger charge is 2.33. The molecule has 2 aromatic heterocycles. The Bertz CT molecular complexity index is 904. The van der Waals surface area contributed by atoms with Crippen molar-refractivity contribution in [3.05, 3.63) is 47.4 Å². The molecule has 2 aromatic rings. The van der Waals surface area contributed by atoms with Crippen LogP contribution in [0.4, 0.5) is 20.3 Å². The minimum absolute atomic E-state index is 0.0233. The number of nitrogens with one attached hydrogen (secondary N) is 1. The van der Waals surface area contributed by atoms with Crippen LogP contribution in [0.2, 0.25) is 0 Å². The maximum Gasteiger partial charge on any atom is 0.267 e. The zero-order valence-electron chi connectivity index (χ0n) is 15.4. The minimum atomic E-state index is -2.70. The van der Waals surface area contributed by atoms with Crippen LogP contribution in [0.5, 0.6) is 0 Å². The number of nitrogens with zero attached hydrogens (tertiary/aromatic N) is 3. The van der Waals surface area contributed by atoms with Gasteiger partial charge in [-0.15, -0.1) is 0 Å². The van der Waals surface area contributed by atoms with E-state index in [-0.39, 0.29) is 30.6 Å². The number of pyridine rings is 2. The van der Waals surface area contributed by atoms with Gasteiger partial charge >= 0.3 is 0 Å². The van der Waals surface area contributed by atoms with Crippen molar-refractivity contribution in [1.82, 2.24) is 9.97 Å². The molecule has 148 valence electrons. The average molecular weight is 389 g/mol. The van der Waals surface area contributed by atoms with Gasteiger partial charge in [-0.05, 0) is 37.1 Å². The quantitative estimate of drug-likeness (QED) is 0.837. The molecule has 0 radical (unpaired) electrons. The van der Waals surface area contributed by atoms with Crippen molar-refractivity contribution in [3.8, 4) is 0 Å². The number of alkyl halides is 2. The summed E-state index contributed by atoms with van der Waals surface area (Å²) in [6.45, 7) is 2.30. The molecular weight excluding hydrogens is 368 g/mol. The molecule has 0 aliphatic carbocycles. The number of carbonyl (C=O) groups excluding carboxylic acids is 2. The summed E-state index contributed by atoms with van der Waals surface area (Å²) >= 11 is 0. The maximum absolute atomic E-state index is 13.7. The number of hydrogen-bond acceptors (Lipinski definition) is 5. The third-order valence-electron chi connectivity index (χ3n) is 4.54. The van der Waals surface area contributed by atoms with Gasteiger partial charge in [0.1, 0.15) is 11.5 Å². The Morgan fingerprint density at radius 3 is 2.75 bits per heavy atom. The molecular formula is C19H21F2N5O2. The van der Waals surface area contributed by atoms with Gasteiger partial charge in [-0.3, -0.25) is 14.6 Å². The first-order valence-electron chi connectivity index (χ1n) is 8.92. The zero-order chi connectivity index (χ0) is 20.3. The standard InChI is InChI=1S/C19H21F2N5O2/c1-12-9-14(18(28)25-13-3-6-23-15(10-13)16(22)27)17(24-11-12)26-7-2-4-19(20,21)5-8-26/h3,6,9-11H,2,4-5,7-8H2,1H3,(H2,22,27)(H,23,25,28). The van der Waals surface area contributed by atoms with E-state index in [9.17, 15) is 18.4 Å². The summed E-state index contributed by atoms with van der Waals surface area (Å²) in [6, 6.07) is 4.56. The first-order chi connectivity index (χ1) is 13.2. The van der Waals surface area contributed by atoms with E-state index in [1.807, 2.05) is 0 Å². The zero-order valence-corrected chi connectivity index (χ0v) is 15.4. The van der Waals surface area contributed by atoms with Crippen LogP contribution in [0, 0.1) is 6.92 Å². The molecule has 3 N–H and O–H groups in total. The Kier molecular flexibility index (Phi) is 5.53. The van der Waals surface area contributed by atoms with E-state index in [0.717, 1.165) is 5.56 Å². The molecule has 7 nitrogen and oxygen atoms in total. The van der Waals surface area contributed by atoms with Crippen LogP contribution in [0.25, 0.3) is 0 Å². The Balaban J connectivity index is 1.87. The monoisotopic (exact) mass is 389 g/mol. The number of aryl methyl sites for hydroxylation is 1. The van der Waals surface area contributed by atoms with Crippen LogP contribution in [0.15, 0.2) is 30.6 Å². The second-order valence-corrected chi connectivity index (χ2v) is 6.83. The van der Waals surface area contributed by atoms with E-state index in [1.54, 1.807) is 24.1 Å². The van der Waals surface area contributed by atoms with Gasteiger partial charge in [0.05, 0.1) is 5.56 Å². The van der Waals surface area contributed by atoms with Crippen LogP contribution in [0.1, 0.15) is 45.7 Å². The van der Waals surface area contributed by atoms with Crippen molar-refractivity contribution in [2.24, 2.45) is 5.73 Å². The molecule has 3 rings (SSSR count). The van der Waals surface area contributed by atoms with Crippen LogP contribution < -0.4 is 16.0 Å². The van der Waals surface area contributed by atoms with Crippen molar-refractivity contribution < 1.29 is 18.4 Å². The number of nitrogens with two attached hydrogens (primary N) is 1. The summed E-state index contributed by atoms with van der Waals surface area (Å²) < 4.78 is 27.4. The Hall–Kier alpha value is -3.10. The van der Waals surface area contributed by atoms with E-state index in [4.69, 9.17) is 5.73 Å². The van der Waals surface area contributed by atoms with Crippen molar-refractivity contribution >= 4 is 23.3 Å². The first-order valence-corrected chi connectivity index (χ1v) is 8.92. The Labute approximate surface area is 161 Å². The molecule has 0 atom stereocenters. The predicted octanol–water partition coefficient (Wildman–Crippen LogP) is 2.76. The highest BCUT2D eigenvalue weighted by atomic mass is 19.3. The molecule has 28 heavy (non-hydrogen) atoms. The van der Waals surface area contributed by atoms with Gasteiger partial charge in [-0.1, -0.05) is 0 Å². The smallest absolute Gasteiger partial charge is 0.267 e. The van der Waals surface area contributed by atoms with Gasteiger partial charge in [-0.2, -0.15) is 0 Å². The van der Waals surface area contributed by atoms with Crippen molar-refractivity contribution in [2.75, 3.05) is 23.3 Å². The highest BCUT2D eigenvalue weighted by molar-refractivity contribution is 6.08. The fourth-order valence-corrected chi connectivity index (χ4v) is 3.10. The van der Waals surface area contributed by atoms with Gasteiger partial charge in [0.2, 0.25) is 5.92 Å². The second kappa shape index (κ2) is 7.87. The van der Waals surface area contributed by atoms with Crippen LogP contribution in [-0.4, -0.2) is 40.8 Å². The molecule has 2 amide bonds. The van der Waals surface area contributed by atoms with E-state index < -0.39 is 17.7 Å². The van der Waals surface area contributed by atoms with Gasteiger partial charge in [0.25, 0.3) is 11.8 Å². The molecule has 0 aromatic carbocycles.